The number of hydrogen-bond acceptors (Lipinski definition) is 3. The smallest absolute Gasteiger partial charge is 0.373 e. The van der Waals surface area contributed by atoms with Crippen molar-refractivity contribution in [3.05, 3.63) is 0 Å². The second-order valence-corrected chi connectivity index (χ2v) is 8.49. The fraction of sp³-hybridized carbons (Fsp3) is 1.00. The Hall–Kier alpha value is 0.0969. The first kappa shape index (κ1) is 21.1. The predicted molar refractivity (Wildman–Crippen MR) is 92.6 cm³/mol. The number of unbranched alkanes of at least 4 members (excludes halogenated alkanes) is 1. The molecule has 0 aliphatic rings. The standard InChI is InChI=1S/C17H38O3Si/c1-6-11-12-17(10-5)16-21(18-13-7-2,19-14-8-3)20-15-9-4/h17H,6-16H2,1-5H3. The van der Waals surface area contributed by atoms with Gasteiger partial charge >= 0.3 is 8.80 Å². The maximum atomic E-state index is 6.19. The van der Waals surface area contributed by atoms with Gasteiger partial charge in [-0.15, -0.1) is 0 Å². The molecular formula is C17H38O3Si. The molecule has 4 heteroatoms. The van der Waals surface area contributed by atoms with E-state index in [1.807, 2.05) is 0 Å². The minimum absolute atomic E-state index is 0.669. The van der Waals surface area contributed by atoms with Crippen LogP contribution in [0.25, 0.3) is 0 Å². The zero-order chi connectivity index (χ0) is 16.0. The molecule has 0 aromatic heterocycles. The van der Waals surface area contributed by atoms with Gasteiger partial charge in [-0.3, -0.25) is 0 Å². The lowest BCUT2D eigenvalue weighted by Crippen LogP contribution is -2.48. The fourth-order valence-electron chi connectivity index (χ4n) is 2.37. The van der Waals surface area contributed by atoms with Crippen molar-refractivity contribution in [3.63, 3.8) is 0 Å². The zero-order valence-corrected chi connectivity index (χ0v) is 16.1. The predicted octanol–water partition coefficient (Wildman–Crippen LogP) is 5.42. The van der Waals surface area contributed by atoms with E-state index in [4.69, 9.17) is 13.3 Å². The Morgan fingerprint density at radius 3 is 1.52 bits per heavy atom. The van der Waals surface area contributed by atoms with Crippen molar-refractivity contribution in [2.45, 2.75) is 85.6 Å². The lowest BCUT2D eigenvalue weighted by atomic mass is 10.0. The van der Waals surface area contributed by atoms with Gasteiger partial charge in [0.05, 0.1) is 0 Å². The minimum atomic E-state index is -2.49. The van der Waals surface area contributed by atoms with Gasteiger partial charge in [-0.05, 0) is 25.2 Å². The molecule has 0 saturated carbocycles. The summed E-state index contributed by atoms with van der Waals surface area (Å²) in [5, 5.41) is 0. The molecule has 128 valence electrons. The van der Waals surface area contributed by atoms with Crippen molar-refractivity contribution in [2.75, 3.05) is 19.8 Å². The van der Waals surface area contributed by atoms with E-state index in [2.05, 4.69) is 34.6 Å². The average molecular weight is 319 g/mol. The van der Waals surface area contributed by atoms with E-state index in [1.165, 1.54) is 25.7 Å². The molecule has 0 fully saturated rings. The van der Waals surface area contributed by atoms with E-state index in [9.17, 15) is 0 Å². The Balaban J connectivity index is 4.81. The lowest BCUT2D eigenvalue weighted by molar-refractivity contribution is 0.0545. The van der Waals surface area contributed by atoms with Crippen LogP contribution in [0.3, 0.4) is 0 Å². The highest BCUT2D eigenvalue weighted by atomic mass is 28.4. The quantitative estimate of drug-likeness (QED) is 0.377. The maximum absolute atomic E-state index is 6.19. The molecule has 1 unspecified atom stereocenters. The van der Waals surface area contributed by atoms with E-state index in [0.29, 0.717) is 5.92 Å². The highest BCUT2D eigenvalue weighted by Gasteiger charge is 2.42. The summed E-state index contributed by atoms with van der Waals surface area (Å²) in [5.74, 6) is 0.669. The van der Waals surface area contributed by atoms with Crippen molar-refractivity contribution < 1.29 is 13.3 Å². The molecule has 0 aromatic carbocycles. The van der Waals surface area contributed by atoms with Crippen LogP contribution in [0.1, 0.15) is 79.6 Å². The molecule has 1 atom stereocenters. The minimum Gasteiger partial charge on any atom is -0.373 e. The summed E-state index contributed by atoms with van der Waals surface area (Å²) in [6.07, 6.45) is 8.06. The second-order valence-electron chi connectivity index (χ2n) is 5.85. The molecule has 0 aliphatic heterocycles. The fourth-order valence-corrected chi connectivity index (χ4v) is 5.72. The van der Waals surface area contributed by atoms with Crippen molar-refractivity contribution in [1.82, 2.24) is 0 Å². The summed E-state index contributed by atoms with van der Waals surface area (Å²) >= 11 is 0. The third-order valence-corrected chi connectivity index (χ3v) is 6.67. The van der Waals surface area contributed by atoms with Crippen LogP contribution in [0.15, 0.2) is 0 Å². The first-order chi connectivity index (χ1) is 10.2. The van der Waals surface area contributed by atoms with Gasteiger partial charge < -0.3 is 13.3 Å². The van der Waals surface area contributed by atoms with E-state index >= 15 is 0 Å². The zero-order valence-electron chi connectivity index (χ0n) is 15.1. The van der Waals surface area contributed by atoms with Crippen molar-refractivity contribution in [2.24, 2.45) is 5.92 Å². The van der Waals surface area contributed by atoms with Crippen molar-refractivity contribution in [1.29, 1.82) is 0 Å². The number of rotatable bonds is 15. The number of hydrogen-bond donors (Lipinski definition) is 0. The lowest BCUT2D eigenvalue weighted by Gasteiger charge is -2.32. The Morgan fingerprint density at radius 1 is 0.714 bits per heavy atom. The van der Waals surface area contributed by atoms with Gasteiger partial charge in [0.1, 0.15) is 0 Å². The van der Waals surface area contributed by atoms with E-state index in [0.717, 1.165) is 45.1 Å². The van der Waals surface area contributed by atoms with Gasteiger partial charge in [0, 0.05) is 25.9 Å². The second kappa shape index (κ2) is 13.7. The molecule has 3 nitrogen and oxygen atoms in total. The van der Waals surface area contributed by atoms with Crippen LogP contribution >= 0.6 is 0 Å². The van der Waals surface area contributed by atoms with Crippen LogP contribution in [0, 0.1) is 5.92 Å². The summed E-state index contributed by atoms with van der Waals surface area (Å²) in [6.45, 7) is 13.2. The largest absolute Gasteiger partial charge is 0.501 e. The maximum Gasteiger partial charge on any atom is 0.501 e. The van der Waals surface area contributed by atoms with Gasteiger partial charge in [-0.1, -0.05) is 60.3 Å². The van der Waals surface area contributed by atoms with Gasteiger partial charge in [0.25, 0.3) is 0 Å². The van der Waals surface area contributed by atoms with Crippen LogP contribution < -0.4 is 0 Å². The van der Waals surface area contributed by atoms with E-state index < -0.39 is 8.80 Å². The van der Waals surface area contributed by atoms with Gasteiger partial charge in [0.15, 0.2) is 0 Å². The van der Waals surface area contributed by atoms with Crippen LogP contribution in [0.2, 0.25) is 6.04 Å². The van der Waals surface area contributed by atoms with Crippen LogP contribution in [0.4, 0.5) is 0 Å². The monoisotopic (exact) mass is 318 g/mol. The third-order valence-electron chi connectivity index (χ3n) is 3.66. The normalized spacial score (nSPS) is 13.6. The molecule has 21 heavy (non-hydrogen) atoms. The molecule has 0 N–H and O–H groups in total. The van der Waals surface area contributed by atoms with Crippen LogP contribution in [-0.4, -0.2) is 28.6 Å². The van der Waals surface area contributed by atoms with Gasteiger partial charge in [-0.25, -0.2) is 0 Å². The summed E-state index contributed by atoms with van der Waals surface area (Å²) in [5.41, 5.74) is 0. The molecule has 0 aromatic rings. The molecule has 0 aliphatic carbocycles. The third kappa shape index (κ3) is 9.66. The molecule has 0 spiro atoms. The van der Waals surface area contributed by atoms with E-state index in [1.54, 1.807) is 0 Å². The van der Waals surface area contributed by atoms with Crippen molar-refractivity contribution in [3.8, 4) is 0 Å². The SMILES string of the molecule is CCCCC(CC)C[Si](OCCC)(OCCC)OCCC. The molecule has 0 heterocycles. The topological polar surface area (TPSA) is 27.7 Å². The Bertz CT molecular complexity index is 202. The first-order valence-corrected chi connectivity index (χ1v) is 11.0. The first-order valence-electron chi connectivity index (χ1n) is 9.09. The molecule has 0 amide bonds. The van der Waals surface area contributed by atoms with Crippen LogP contribution in [-0.2, 0) is 13.3 Å². The molecule has 0 bridgehead atoms. The Labute approximate surface area is 134 Å². The molecular weight excluding hydrogens is 280 g/mol. The Kier molecular flexibility index (Phi) is 13.8. The summed E-state index contributed by atoms with van der Waals surface area (Å²) in [4.78, 5) is 0. The summed E-state index contributed by atoms with van der Waals surface area (Å²) in [6, 6.07) is 0.990. The molecule has 0 saturated heterocycles. The van der Waals surface area contributed by atoms with Gasteiger partial charge in [0.2, 0.25) is 0 Å². The summed E-state index contributed by atoms with van der Waals surface area (Å²) < 4.78 is 18.6. The van der Waals surface area contributed by atoms with Gasteiger partial charge in [-0.2, -0.15) is 0 Å². The highest BCUT2D eigenvalue weighted by Crippen LogP contribution is 2.28. The average Bonchev–Trinajstić information content (AvgIpc) is 2.52. The highest BCUT2D eigenvalue weighted by molar-refractivity contribution is 6.60. The van der Waals surface area contributed by atoms with E-state index in [-0.39, 0.29) is 0 Å². The molecule has 0 rings (SSSR count). The van der Waals surface area contributed by atoms with Crippen LogP contribution in [0.5, 0.6) is 0 Å². The van der Waals surface area contributed by atoms with Crippen molar-refractivity contribution >= 4 is 8.80 Å². The molecule has 0 radical (unpaired) electrons. The Morgan fingerprint density at radius 2 is 1.19 bits per heavy atom. The summed E-state index contributed by atoms with van der Waals surface area (Å²) in [7, 11) is -2.49.